The van der Waals surface area contributed by atoms with E-state index < -0.39 is 6.04 Å². The lowest BCUT2D eigenvalue weighted by molar-refractivity contribution is 0.0943. The van der Waals surface area contributed by atoms with Gasteiger partial charge in [-0.2, -0.15) is 5.10 Å². The topological polar surface area (TPSA) is 63.5 Å². The van der Waals surface area contributed by atoms with Crippen molar-refractivity contribution in [3.8, 4) is 0 Å². The molecule has 4 rings (SSSR count). The van der Waals surface area contributed by atoms with Crippen LogP contribution in [0.1, 0.15) is 63.2 Å². The Morgan fingerprint density at radius 1 is 1.00 bits per heavy atom. The molecule has 0 fully saturated rings. The molecule has 0 spiro atoms. The van der Waals surface area contributed by atoms with Crippen LogP contribution in [0, 0.1) is 6.92 Å². The van der Waals surface area contributed by atoms with Crippen molar-refractivity contribution in [2.24, 2.45) is 0 Å². The zero-order chi connectivity index (χ0) is 23.2. The summed E-state index contributed by atoms with van der Waals surface area (Å²) in [5.74, 6) is 0.0513. The zero-order valence-electron chi connectivity index (χ0n) is 19.1. The molecular weight excluding hydrogens is 410 g/mol. The van der Waals surface area contributed by atoms with Gasteiger partial charge < -0.3 is 5.32 Å². The number of carbonyl (C=O) groups excluding carboxylic acids is 2. The molecule has 0 radical (unpaired) electrons. The second-order valence-electron chi connectivity index (χ2n) is 8.38. The van der Waals surface area contributed by atoms with Crippen molar-refractivity contribution in [1.82, 2.24) is 14.9 Å². The molecule has 1 atom stereocenters. The minimum absolute atomic E-state index is 0.0345. The minimum Gasteiger partial charge on any atom is -0.303 e. The van der Waals surface area contributed by atoms with Crippen molar-refractivity contribution in [3.05, 3.63) is 107 Å². The van der Waals surface area contributed by atoms with Gasteiger partial charge in [0.2, 0.25) is 0 Å². The van der Waals surface area contributed by atoms with E-state index in [4.69, 9.17) is 0 Å². The standard InChI is InChI=1S/C28H29N3O2/c1-3-7-26(32)23-14-15-25-24(18-30-31(25)19-23)28(33)27(22-8-5-4-6-9-22)29-17-16-21-12-10-20(2)11-13-21/h4-6,8-15,18-19,27,29H,3,7,16-17H2,1-2H3/t27-/m1/s1. The largest absolute Gasteiger partial charge is 0.303 e. The summed E-state index contributed by atoms with van der Waals surface area (Å²) in [6, 6.07) is 21.3. The predicted molar refractivity (Wildman–Crippen MR) is 131 cm³/mol. The van der Waals surface area contributed by atoms with E-state index in [2.05, 4.69) is 41.6 Å². The lowest BCUT2D eigenvalue weighted by atomic mass is 9.97. The highest BCUT2D eigenvalue weighted by Gasteiger charge is 2.24. The Balaban J connectivity index is 1.57. The molecule has 1 N–H and O–H groups in total. The molecule has 2 aromatic carbocycles. The third-order valence-electron chi connectivity index (χ3n) is 5.86. The molecule has 0 aliphatic rings. The van der Waals surface area contributed by atoms with E-state index in [9.17, 15) is 9.59 Å². The van der Waals surface area contributed by atoms with Gasteiger partial charge in [-0.25, -0.2) is 4.52 Å². The maximum absolute atomic E-state index is 13.6. The lowest BCUT2D eigenvalue weighted by Crippen LogP contribution is -2.30. The van der Waals surface area contributed by atoms with Crippen molar-refractivity contribution in [3.63, 3.8) is 0 Å². The minimum atomic E-state index is -0.481. The quantitative estimate of drug-likeness (QED) is 0.337. The fourth-order valence-corrected chi connectivity index (χ4v) is 3.99. The molecule has 33 heavy (non-hydrogen) atoms. The average molecular weight is 440 g/mol. The van der Waals surface area contributed by atoms with Gasteiger partial charge in [-0.1, -0.05) is 67.1 Å². The van der Waals surface area contributed by atoms with E-state index in [0.717, 1.165) is 18.4 Å². The number of nitrogens with one attached hydrogen (secondary N) is 1. The summed E-state index contributed by atoms with van der Waals surface area (Å²) in [5, 5.41) is 7.83. The maximum Gasteiger partial charge on any atom is 0.188 e. The van der Waals surface area contributed by atoms with Gasteiger partial charge in [-0.3, -0.25) is 9.59 Å². The molecule has 2 heterocycles. The van der Waals surface area contributed by atoms with Crippen molar-refractivity contribution >= 4 is 17.1 Å². The molecule has 0 saturated carbocycles. The summed E-state index contributed by atoms with van der Waals surface area (Å²) in [6.45, 7) is 4.73. The van der Waals surface area contributed by atoms with Crippen LogP contribution < -0.4 is 5.32 Å². The third kappa shape index (κ3) is 5.26. The highest BCUT2D eigenvalue weighted by molar-refractivity contribution is 6.06. The summed E-state index contributed by atoms with van der Waals surface area (Å²) in [4.78, 5) is 25.9. The van der Waals surface area contributed by atoms with E-state index in [1.807, 2.05) is 43.3 Å². The molecule has 0 unspecified atom stereocenters. The van der Waals surface area contributed by atoms with Crippen LogP contribution in [0.15, 0.2) is 79.1 Å². The molecule has 0 amide bonds. The van der Waals surface area contributed by atoms with Gasteiger partial charge in [0.25, 0.3) is 0 Å². The first-order valence-electron chi connectivity index (χ1n) is 11.5. The number of benzene rings is 2. The Morgan fingerprint density at radius 3 is 2.48 bits per heavy atom. The van der Waals surface area contributed by atoms with Crippen LogP contribution in [-0.2, 0) is 6.42 Å². The Kier molecular flexibility index (Phi) is 7.10. The van der Waals surface area contributed by atoms with Crippen LogP contribution in [0.2, 0.25) is 0 Å². The molecule has 0 aliphatic heterocycles. The number of aryl methyl sites for hydroxylation is 1. The van der Waals surface area contributed by atoms with E-state index in [1.54, 1.807) is 23.0 Å². The second-order valence-corrected chi connectivity index (χ2v) is 8.38. The maximum atomic E-state index is 13.6. The van der Waals surface area contributed by atoms with E-state index in [-0.39, 0.29) is 11.6 Å². The number of hydrogen-bond acceptors (Lipinski definition) is 4. The SMILES string of the molecule is CCCC(=O)c1ccc2c(C(=O)[C@H](NCCc3ccc(C)cc3)c3ccccc3)cnn2c1. The number of pyridine rings is 1. The van der Waals surface area contributed by atoms with Crippen LogP contribution in [0.4, 0.5) is 0 Å². The van der Waals surface area contributed by atoms with Crippen LogP contribution in [0.5, 0.6) is 0 Å². The summed E-state index contributed by atoms with van der Waals surface area (Å²) in [7, 11) is 0. The first-order chi connectivity index (χ1) is 16.1. The summed E-state index contributed by atoms with van der Waals surface area (Å²) in [5.41, 5.74) is 5.24. The number of rotatable bonds is 10. The van der Waals surface area contributed by atoms with E-state index in [0.29, 0.717) is 29.6 Å². The number of aromatic nitrogens is 2. The predicted octanol–water partition coefficient (Wildman–Crippen LogP) is 5.38. The first-order valence-corrected chi connectivity index (χ1v) is 11.5. The second kappa shape index (κ2) is 10.4. The van der Waals surface area contributed by atoms with Crippen LogP contribution in [-0.4, -0.2) is 27.7 Å². The Hall–Kier alpha value is -3.57. The van der Waals surface area contributed by atoms with Crippen molar-refractivity contribution < 1.29 is 9.59 Å². The molecule has 0 bridgehead atoms. The van der Waals surface area contributed by atoms with E-state index in [1.165, 1.54) is 11.1 Å². The van der Waals surface area contributed by atoms with Gasteiger partial charge in [0.1, 0.15) is 0 Å². The number of nitrogens with zero attached hydrogens (tertiary/aromatic N) is 2. The van der Waals surface area contributed by atoms with Gasteiger partial charge in [-0.05, 0) is 43.0 Å². The molecule has 4 aromatic rings. The fourth-order valence-electron chi connectivity index (χ4n) is 3.99. The van der Waals surface area contributed by atoms with Crippen molar-refractivity contribution in [1.29, 1.82) is 0 Å². The highest BCUT2D eigenvalue weighted by Crippen LogP contribution is 2.22. The van der Waals surface area contributed by atoms with Crippen LogP contribution in [0.3, 0.4) is 0 Å². The zero-order valence-corrected chi connectivity index (χ0v) is 19.1. The van der Waals surface area contributed by atoms with Crippen LogP contribution >= 0.6 is 0 Å². The highest BCUT2D eigenvalue weighted by atomic mass is 16.1. The van der Waals surface area contributed by atoms with Gasteiger partial charge in [-0.15, -0.1) is 0 Å². The molecule has 0 saturated heterocycles. The van der Waals surface area contributed by atoms with Crippen molar-refractivity contribution in [2.45, 2.75) is 39.2 Å². The molecular formula is C28H29N3O2. The Morgan fingerprint density at radius 2 is 1.76 bits per heavy atom. The van der Waals surface area contributed by atoms with Crippen LogP contribution in [0.25, 0.3) is 5.52 Å². The molecule has 168 valence electrons. The van der Waals surface area contributed by atoms with Gasteiger partial charge in [0.15, 0.2) is 11.6 Å². The first kappa shape index (κ1) is 22.6. The smallest absolute Gasteiger partial charge is 0.188 e. The number of carbonyl (C=O) groups is 2. The molecule has 5 nitrogen and oxygen atoms in total. The lowest BCUT2D eigenvalue weighted by Gasteiger charge is -2.18. The normalized spacial score (nSPS) is 12.1. The molecule has 5 heteroatoms. The monoisotopic (exact) mass is 439 g/mol. The number of Topliss-reactive ketones (excluding diaryl/α,β-unsaturated/α-hetero) is 2. The van der Waals surface area contributed by atoms with Crippen molar-refractivity contribution in [2.75, 3.05) is 6.54 Å². The van der Waals surface area contributed by atoms with Gasteiger partial charge in [0, 0.05) is 24.7 Å². The number of hydrogen-bond donors (Lipinski definition) is 1. The third-order valence-corrected chi connectivity index (χ3v) is 5.86. The molecule has 0 aliphatic carbocycles. The van der Waals surface area contributed by atoms with Gasteiger partial charge in [0.05, 0.1) is 23.3 Å². The van der Waals surface area contributed by atoms with E-state index >= 15 is 0 Å². The van der Waals surface area contributed by atoms with Gasteiger partial charge >= 0.3 is 0 Å². The molecule has 2 aromatic heterocycles. The Bertz CT molecular complexity index is 1240. The number of ketones is 2. The average Bonchev–Trinajstić information content (AvgIpc) is 3.27. The fraction of sp³-hybridized carbons (Fsp3) is 0.250. The number of fused-ring (bicyclic) bond motifs is 1. The summed E-state index contributed by atoms with van der Waals surface area (Å²) < 4.78 is 1.63. The summed E-state index contributed by atoms with van der Waals surface area (Å²) >= 11 is 0. The summed E-state index contributed by atoms with van der Waals surface area (Å²) in [6.07, 6.45) is 5.44. The Labute approximate surface area is 194 Å².